The Labute approximate surface area is 108 Å². The normalized spacial score (nSPS) is 25.4. The summed E-state index contributed by atoms with van der Waals surface area (Å²) in [7, 11) is 1.69. The molecule has 5 heteroatoms. The van der Waals surface area contributed by atoms with Gasteiger partial charge in [-0.25, -0.2) is 0 Å². The molecule has 1 saturated heterocycles. The molecule has 2 atom stereocenters. The van der Waals surface area contributed by atoms with Gasteiger partial charge >= 0.3 is 0 Å². The minimum absolute atomic E-state index is 0.0248. The molecule has 0 bridgehead atoms. The van der Waals surface area contributed by atoms with E-state index >= 15 is 0 Å². The fraction of sp³-hybridized carbons (Fsp3) is 0.846. The number of aliphatic hydroxyl groups excluding tert-OH is 1. The van der Waals surface area contributed by atoms with E-state index in [-0.39, 0.29) is 30.4 Å². The van der Waals surface area contributed by atoms with Gasteiger partial charge in [0.1, 0.15) is 0 Å². The first-order valence-corrected chi connectivity index (χ1v) is 6.68. The molecule has 1 aliphatic carbocycles. The summed E-state index contributed by atoms with van der Waals surface area (Å²) in [6.45, 7) is 3.13. The third-order valence-electron chi connectivity index (χ3n) is 4.01. The van der Waals surface area contributed by atoms with Crippen LogP contribution in [-0.4, -0.2) is 59.5 Å². The summed E-state index contributed by atoms with van der Waals surface area (Å²) < 4.78 is 0. The molecule has 0 aromatic carbocycles. The van der Waals surface area contributed by atoms with Crippen LogP contribution in [0.25, 0.3) is 0 Å². The Hall–Kier alpha value is -1.10. The maximum Gasteiger partial charge on any atom is 0.228 e. The van der Waals surface area contributed by atoms with E-state index in [1.165, 1.54) is 12.8 Å². The minimum atomic E-state index is -0.227. The Kier molecular flexibility index (Phi) is 3.90. The number of likely N-dealkylation sites (N-methyl/N-ethyl adjacent to an activating group) is 1. The van der Waals surface area contributed by atoms with E-state index in [1.807, 2.05) is 4.90 Å². The second kappa shape index (κ2) is 5.26. The Morgan fingerprint density at radius 3 is 2.78 bits per heavy atom. The van der Waals surface area contributed by atoms with Crippen molar-refractivity contribution in [3.63, 3.8) is 0 Å². The van der Waals surface area contributed by atoms with Gasteiger partial charge in [-0.1, -0.05) is 0 Å². The third kappa shape index (κ3) is 2.83. The molecule has 0 radical (unpaired) electrons. The van der Waals surface area contributed by atoms with Crippen molar-refractivity contribution < 1.29 is 14.7 Å². The van der Waals surface area contributed by atoms with Crippen molar-refractivity contribution in [2.45, 2.75) is 32.2 Å². The van der Waals surface area contributed by atoms with Crippen LogP contribution in [0.1, 0.15) is 26.2 Å². The molecule has 5 nitrogen and oxygen atoms in total. The van der Waals surface area contributed by atoms with Gasteiger partial charge in [-0.05, 0) is 25.7 Å². The monoisotopic (exact) mass is 254 g/mol. The van der Waals surface area contributed by atoms with Crippen LogP contribution in [0.5, 0.6) is 0 Å². The zero-order chi connectivity index (χ0) is 13.3. The summed E-state index contributed by atoms with van der Waals surface area (Å²) in [6.07, 6.45) is 2.75. The highest BCUT2D eigenvalue weighted by Gasteiger charge is 2.38. The van der Waals surface area contributed by atoms with E-state index in [4.69, 9.17) is 5.11 Å². The van der Waals surface area contributed by atoms with Crippen molar-refractivity contribution in [1.82, 2.24) is 9.80 Å². The summed E-state index contributed by atoms with van der Waals surface area (Å²) in [5.74, 6) is 0.514. The molecule has 2 aliphatic rings. The molecular formula is C13H22N2O3. The minimum Gasteiger partial charge on any atom is -0.394 e. The zero-order valence-corrected chi connectivity index (χ0v) is 11.1. The first-order valence-electron chi connectivity index (χ1n) is 6.68. The molecule has 1 aliphatic heterocycles. The summed E-state index contributed by atoms with van der Waals surface area (Å²) in [5.41, 5.74) is 0. The summed E-state index contributed by atoms with van der Waals surface area (Å²) in [6, 6.07) is -0.190. The van der Waals surface area contributed by atoms with Gasteiger partial charge in [-0.3, -0.25) is 9.59 Å². The predicted octanol–water partition coefficient (Wildman–Crippen LogP) is 0.0841. The second-order valence-corrected chi connectivity index (χ2v) is 5.62. The topological polar surface area (TPSA) is 60.9 Å². The van der Waals surface area contributed by atoms with Gasteiger partial charge in [-0.2, -0.15) is 0 Å². The van der Waals surface area contributed by atoms with Crippen molar-refractivity contribution in [2.24, 2.45) is 11.8 Å². The molecule has 0 aromatic heterocycles. The van der Waals surface area contributed by atoms with Crippen LogP contribution in [0.4, 0.5) is 0 Å². The van der Waals surface area contributed by atoms with Gasteiger partial charge in [-0.15, -0.1) is 0 Å². The molecular weight excluding hydrogens is 232 g/mol. The van der Waals surface area contributed by atoms with Crippen molar-refractivity contribution in [3.05, 3.63) is 0 Å². The number of nitrogens with zero attached hydrogens (tertiary/aromatic N) is 2. The Morgan fingerprint density at radius 1 is 1.56 bits per heavy atom. The van der Waals surface area contributed by atoms with Gasteiger partial charge in [0.15, 0.2) is 0 Å². The van der Waals surface area contributed by atoms with E-state index in [2.05, 4.69) is 0 Å². The number of hydrogen-bond donors (Lipinski definition) is 1. The fourth-order valence-corrected chi connectivity index (χ4v) is 2.35. The van der Waals surface area contributed by atoms with Crippen LogP contribution in [0.15, 0.2) is 0 Å². The number of carbonyl (C=O) groups is 2. The van der Waals surface area contributed by atoms with Crippen molar-refractivity contribution in [2.75, 3.05) is 26.7 Å². The first-order chi connectivity index (χ1) is 8.52. The van der Waals surface area contributed by atoms with Crippen molar-refractivity contribution in [3.8, 4) is 0 Å². The standard InChI is InChI=1S/C13H22N2O3/c1-9(8-16)14(2)13(18)11-5-12(17)15(7-11)6-10-3-4-10/h9-11,16H,3-8H2,1-2H3. The Morgan fingerprint density at radius 2 is 2.22 bits per heavy atom. The average Bonchev–Trinajstić information content (AvgIpc) is 3.10. The van der Waals surface area contributed by atoms with E-state index in [0.717, 1.165) is 6.54 Å². The molecule has 0 spiro atoms. The lowest BCUT2D eigenvalue weighted by Gasteiger charge is -2.26. The highest BCUT2D eigenvalue weighted by molar-refractivity contribution is 5.89. The lowest BCUT2D eigenvalue weighted by molar-refractivity contribution is -0.137. The summed E-state index contributed by atoms with van der Waals surface area (Å²) in [5, 5.41) is 9.06. The Bertz CT molecular complexity index is 341. The van der Waals surface area contributed by atoms with Gasteiger partial charge in [0.25, 0.3) is 0 Å². The average molecular weight is 254 g/mol. The summed E-state index contributed by atoms with van der Waals surface area (Å²) in [4.78, 5) is 27.4. The van der Waals surface area contributed by atoms with E-state index in [0.29, 0.717) is 18.9 Å². The van der Waals surface area contributed by atoms with Gasteiger partial charge < -0.3 is 14.9 Å². The second-order valence-electron chi connectivity index (χ2n) is 5.62. The van der Waals surface area contributed by atoms with Crippen LogP contribution in [0, 0.1) is 11.8 Å². The van der Waals surface area contributed by atoms with E-state index in [9.17, 15) is 9.59 Å². The van der Waals surface area contributed by atoms with Gasteiger partial charge in [0.2, 0.25) is 11.8 Å². The molecule has 2 unspecified atom stereocenters. The molecule has 0 aromatic rings. The number of rotatable bonds is 5. The predicted molar refractivity (Wildman–Crippen MR) is 66.7 cm³/mol. The van der Waals surface area contributed by atoms with Crippen LogP contribution < -0.4 is 0 Å². The van der Waals surface area contributed by atoms with E-state index in [1.54, 1.807) is 18.9 Å². The van der Waals surface area contributed by atoms with Crippen LogP contribution in [0.2, 0.25) is 0 Å². The maximum absolute atomic E-state index is 12.2. The number of carbonyl (C=O) groups excluding carboxylic acids is 2. The van der Waals surface area contributed by atoms with Gasteiger partial charge in [0.05, 0.1) is 18.6 Å². The van der Waals surface area contributed by atoms with Crippen LogP contribution >= 0.6 is 0 Å². The Balaban J connectivity index is 1.89. The summed E-state index contributed by atoms with van der Waals surface area (Å²) >= 11 is 0. The van der Waals surface area contributed by atoms with Crippen molar-refractivity contribution >= 4 is 11.8 Å². The quantitative estimate of drug-likeness (QED) is 0.756. The molecule has 1 N–H and O–H groups in total. The highest BCUT2D eigenvalue weighted by Crippen LogP contribution is 2.32. The largest absolute Gasteiger partial charge is 0.394 e. The molecule has 102 valence electrons. The zero-order valence-electron chi connectivity index (χ0n) is 11.1. The van der Waals surface area contributed by atoms with Gasteiger partial charge in [0, 0.05) is 26.6 Å². The molecule has 2 amide bonds. The number of amides is 2. The number of hydrogen-bond acceptors (Lipinski definition) is 3. The first kappa shape index (κ1) is 13.3. The molecule has 1 saturated carbocycles. The van der Waals surface area contributed by atoms with Crippen LogP contribution in [0.3, 0.4) is 0 Å². The lowest BCUT2D eigenvalue weighted by Crippen LogP contribution is -2.41. The fourth-order valence-electron chi connectivity index (χ4n) is 2.35. The molecule has 18 heavy (non-hydrogen) atoms. The SMILES string of the molecule is CC(CO)N(C)C(=O)C1CC(=O)N(CC2CC2)C1. The third-order valence-corrected chi connectivity index (χ3v) is 4.01. The molecule has 2 rings (SSSR count). The van der Waals surface area contributed by atoms with E-state index < -0.39 is 0 Å². The van der Waals surface area contributed by atoms with Crippen LogP contribution in [-0.2, 0) is 9.59 Å². The maximum atomic E-state index is 12.2. The lowest BCUT2D eigenvalue weighted by atomic mass is 10.1. The van der Waals surface area contributed by atoms with Crippen molar-refractivity contribution in [1.29, 1.82) is 0 Å². The highest BCUT2D eigenvalue weighted by atomic mass is 16.3. The number of aliphatic hydroxyl groups is 1. The smallest absolute Gasteiger partial charge is 0.228 e. The molecule has 1 heterocycles. The molecule has 2 fully saturated rings. The number of likely N-dealkylation sites (tertiary alicyclic amines) is 1.